The molecule has 0 aromatic heterocycles. The molecular formula is C14H22N4O10. The van der Waals surface area contributed by atoms with Crippen molar-refractivity contribution >= 4 is 35.6 Å². The van der Waals surface area contributed by atoms with E-state index in [9.17, 15) is 28.8 Å². The van der Waals surface area contributed by atoms with Gasteiger partial charge in [-0.05, 0) is 6.92 Å². The first-order valence-electron chi connectivity index (χ1n) is 7.83. The monoisotopic (exact) mass is 406 g/mol. The Morgan fingerprint density at radius 2 is 1.29 bits per heavy atom. The molecule has 0 rings (SSSR count). The number of carbonyl (C=O) groups is 6. The Labute approximate surface area is 158 Å². The van der Waals surface area contributed by atoms with Crippen molar-refractivity contribution < 1.29 is 49.2 Å². The number of nitrogens with two attached hydrogens (primary N) is 1. The van der Waals surface area contributed by atoms with Gasteiger partial charge in [-0.1, -0.05) is 0 Å². The maximum absolute atomic E-state index is 12.1. The smallest absolute Gasteiger partial charge is 0.328 e. The van der Waals surface area contributed by atoms with Crippen LogP contribution in [0.1, 0.15) is 19.8 Å². The third kappa shape index (κ3) is 8.91. The molecule has 0 fully saturated rings. The standard InChI is InChI=1S/C14H22N4O10/c1-5(16-12(25)6(15)2-9(20)21)11(24)17-7(3-10(22)23)13(26)18-8(4-19)14(27)28/h5-8,19H,2-4,15H2,1H3,(H,16,25)(H,17,24)(H,18,26)(H,20,21)(H,22,23)(H,27,28). The van der Waals surface area contributed by atoms with Gasteiger partial charge in [0.15, 0.2) is 0 Å². The van der Waals surface area contributed by atoms with E-state index in [1.54, 1.807) is 0 Å². The second-order valence-corrected chi connectivity index (χ2v) is 5.68. The van der Waals surface area contributed by atoms with Crippen LogP contribution in [0.5, 0.6) is 0 Å². The van der Waals surface area contributed by atoms with E-state index in [1.165, 1.54) is 6.92 Å². The number of aliphatic carboxylic acids is 3. The normalized spacial score (nSPS) is 14.7. The molecule has 4 atom stereocenters. The van der Waals surface area contributed by atoms with Crippen molar-refractivity contribution in [2.75, 3.05) is 6.61 Å². The van der Waals surface area contributed by atoms with Gasteiger partial charge in [-0.3, -0.25) is 24.0 Å². The van der Waals surface area contributed by atoms with Crippen molar-refractivity contribution in [3.63, 3.8) is 0 Å². The average molecular weight is 406 g/mol. The summed E-state index contributed by atoms with van der Waals surface area (Å²) >= 11 is 0. The van der Waals surface area contributed by atoms with E-state index >= 15 is 0 Å². The minimum atomic E-state index is -1.72. The van der Waals surface area contributed by atoms with Crippen LogP contribution in [-0.2, 0) is 28.8 Å². The zero-order valence-corrected chi connectivity index (χ0v) is 14.7. The molecule has 0 saturated carbocycles. The van der Waals surface area contributed by atoms with Gasteiger partial charge in [-0.2, -0.15) is 0 Å². The summed E-state index contributed by atoms with van der Waals surface area (Å²) in [6.07, 6.45) is -1.60. The summed E-state index contributed by atoms with van der Waals surface area (Å²) in [6, 6.07) is -6.17. The first kappa shape index (κ1) is 24.7. The van der Waals surface area contributed by atoms with Crippen LogP contribution in [0.4, 0.5) is 0 Å². The Bertz CT molecular complexity index is 638. The second-order valence-electron chi connectivity index (χ2n) is 5.68. The summed E-state index contributed by atoms with van der Waals surface area (Å²) in [5, 5.41) is 41.1. The van der Waals surface area contributed by atoms with Crippen LogP contribution >= 0.6 is 0 Å². The highest BCUT2D eigenvalue weighted by atomic mass is 16.4. The van der Waals surface area contributed by atoms with Crippen LogP contribution in [0, 0.1) is 0 Å². The fraction of sp³-hybridized carbons (Fsp3) is 0.571. The van der Waals surface area contributed by atoms with Crippen LogP contribution in [0.2, 0.25) is 0 Å². The molecule has 0 saturated heterocycles. The molecule has 0 aliphatic rings. The summed E-state index contributed by atoms with van der Waals surface area (Å²) in [7, 11) is 0. The fourth-order valence-corrected chi connectivity index (χ4v) is 1.81. The quantitative estimate of drug-likeness (QED) is 0.154. The zero-order chi connectivity index (χ0) is 22.0. The molecule has 28 heavy (non-hydrogen) atoms. The molecule has 0 aromatic rings. The molecule has 0 bridgehead atoms. The summed E-state index contributed by atoms with van der Waals surface area (Å²) in [5.74, 6) is -7.56. The van der Waals surface area contributed by atoms with Crippen LogP contribution in [-0.4, -0.2) is 86.8 Å². The summed E-state index contributed by atoms with van der Waals surface area (Å²) in [5.41, 5.74) is 5.33. The van der Waals surface area contributed by atoms with Crippen LogP contribution in [0.15, 0.2) is 0 Å². The molecule has 0 radical (unpaired) electrons. The fourth-order valence-electron chi connectivity index (χ4n) is 1.81. The largest absolute Gasteiger partial charge is 0.481 e. The number of amides is 3. The van der Waals surface area contributed by atoms with Crippen LogP contribution in [0.25, 0.3) is 0 Å². The SMILES string of the molecule is CC(NC(=O)C(N)CC(=O)O)C(=O)NC(CC(=O)O)C(=O)NC(CO)C(=O)O. The lowest BCUT2D eigenvalue weighted by atomic mass is 10.1. The van der Waals surface area contributed by atoms with Gasteiger partial charge in [-0.25, -0.2) is 4.79 Å². The number of aliphatic hydroxyl groups excluding tert-OH is 1. The Morgan fingerprint density at radius 3 is 1.71 bits per heavy atom. The van der Waals surface area contributed by atoms with E-state index in [0.29, 0.717) is 0 Å². The van der Waals surface area contributed by atoms with E-state index in [-0.39, 0.29) is 0 Å². The number of rotatable bonds is 12. The van der Waals surface area contributed by atoms with Crippen LogP contribution in [0.3, 0.4) is 0 Å². The van der Waals surface area contributed by atoms with Gasteiger partial charge < -0.3 is 42.1 Å². The van der Waals surface area contributed by atoms with Gasteiger partial charge in [0.2, 0.25) is 17.7 Å². The Balaban J connectivity index is 5.02. The highest BCUT2D eigenvalue weighted by Crippen LogP contribution is 1.98. The van der Waals surface area contributed by atoms with Gasteiger partial charge in [0.25, 0.3) is 0 Å². The molecule has 0 aliphatic carbocycles. The first-order chi connectivity index (χ1) is 12.9. The van der Waals surface area contributed by atoms with E-state index < -0.39 is 79.2 Å². The van der Waals surface area contributed by atoms with Crippen molar-refractivity contribution in [1.29, 1.82) is 0 Å². The van der Waals surface area contributed by atoms with E-state index in [2.05, 4.69) is 5.32 Å². The molecule has 0 aliphatic heterocycles. The van der Waals surface area contributed by atoms with E-state index in [1.807, 2.05) is 10.6 Å². The van der Waals surface area contributed by atoms with E-state index in [4.69, 9.17) is 26.2 Å². The molecule has 0 aromatic carbocycles. The maximum Gasteiger partial charge on any atom is 0.328 e. The van der Waals surface area contributed by atoms with Crippen molar-refractivity contribution in [1.82, 2.24) is 16.0 Å². The highest BCUT2D eigenvalue weighted by Gasteiger charge is 2.30. The minimum Gasteiger partial charge on any atom is -0.481 e. The molecule has 158 valence electrons. The van der Waals surface area contributed by atoms with Gasteiger partial charge in [0, 0.05) is 0 Å². The molecule has 3 amide bonds. The number of hydrogen-bond donors (Lipinski definition) is 8. The predicted octanol–water partition coefficient (Wildman–Crippen LogP) is -4.19. The van der Waals surface area contributed by atoms with Crippen molar-refractivity contribution in [2.24, 2.45) is 5.73 Å². The number of hydrogen-bond acceptors (Lipinski definition) is 8. The maximum atomic E-state index is 12.1. The number of nitrogens with one attached hydrogen (secondary N) is 3. The minimum absolute atomic E-state index is 0.693. The summed E-state index contributed by atoms with van der Waals surface area (Å²) < 4.78 is 0. The van der Waals surface area contributed by atoms with E-state index in [0.717, 1.165) is 0 Å². The number of carboxylic acids is 3. The molecule has 4 unspecified atom stereocenters. The van der Waals surface area contributed by atoms with Gasteiger partial charge in [-0.15, -0.1) is 0 Å². The first-order valence-corrected chi connectivity index (χ1v) is 7.83. The Kier molecular flexibility index (Phi) is 10.1. The van der Waals surface area contributed by atoms with Gasteiger partial charge in [0.05, 0.1) is 25.5 Å². The van der Waals surface area contributed by atoms with Crippen molar-refractivity contribution in [3.05, 3.63) is 0 Å². The third-order valence-corrected chi connectivity index (χ3v) is 3.29. The lowest BCUT2D eigenvalue weighted by Gasteiger charge is -2.22. The Morgan fingerprint density at radius 1 is 0.786 bits per heavy atom. The summed E-state index contributed by atoms with van der Waals surface area (Å²) in [6.45, 7) is 0.201. The third-order valence-electron chi connectivity index (χ3n) is 3.29. The van der Waals surface area contributed by atoms with Gasteiger partial charge >= 0.3 is 17.9 Å². The van der Waals surface area contributed by atoms with Crippen molar-refractivity contribution in [3.8, 4) is 0 Å². The molecular weight excluding hydrogens is 384 g/mol. The zero-order valence-electron chi connectivity index (χ0n) is 14.7. The lowest BCUT2D eigenvalue weighted by Crippen LogP contribution is -2.57. The second kappa shape index (κ2) is 11.5. The molecule has 14 heteroatoms. The average Bonchev–Trinajstić information content (AvgIpc) is 2.57. The molecule has 9 N–H and O–H groups in total. The van der Waals surface area contributed by atoms with Crippen LogP contribution < -0.4 is 21.7 Å². The predicted molar refractivity (Wildman–Crippen MR) is 88.7 cm³/mol. The molecule has 0 heterocycles. The molecule has 14 nitrogen and oxygen atoms in total. The van der Waals surface area contributed by atoms with Crippen molar-refractivity contribution in [2.45, 2.75) is 43.9 Å². The van der Waals surface area contributed by atoms with Gasteiger partial charge in [0.1, 0.15) is 18.1 Å². The Hall–Kier alpha value is -3.26. The number of carbonyl (C=O) groups excluding carboxylic acids is 3. The number of carboxylic acid groups (broad SMARTS) is 3. The topological polar surface area (TPSA) is 245 Å². The highest BCUT2D eigenvalue weighted by molar-refractivity contribution is 5.95. The summed E-state index contributed by atoms with van der Waals surface area (Å²) in [4.78, 5) is 68.0. The lowest BCUT2D eigenvalue weighted by molar-refractivity contribution is -0.144. The molecule has 0 spiro atoms. The number of aliphatic hydroxyl groups is 1.